The van der Waals surface area contributed by atoms with Gasteiger partial charge in [-0.25, -0.2) is 9.40 Å². The Kier molecular flexibility index (Phi) is 7.65. The topological polar surface area (TPSA) is 80.7 Å². The van der Waals surface area contributed by atoms with Gasteiger partial charge in [-0.1, -0.05) is 18.2 Å². The van der Waals surface area contributed by atoms with E-state index < -0.39 is 6.04 Å². The first kappa shape index (κ1) is 24.7. The highest BCUT2D eigenvalue weighted by Gasteiger charge is 2.38. The van der Waals surface area contributed by atoms with Crippen LogP contribution in [0.15, 0.2) is 47.6 Å². The summed E-state index contributed by atoms with van der Waals surface area (Å²) in [5.74, 6) is 0.431. The Morgan fingerprint density at radius 3 is 2.40 bits per heavy atom. The van der Waals surface area contributed by atoms with E-state index in [1.165, 1.54) is 17.1 Å². The molecule has 1 saturated carbocycles. The van der Waals surface area contributed by atoms with Crippen LogP contribution in [-0.4, -0.2) is 68.5 Å². The number of methoxy groups -OCH3 is 3. The van der Waals surface area contributed by atoms with Gasteiger partial charge < -0.3 is 19.1 Å². The van der Waals surface area contributed by atoms with Crippen LogP contribution in [0.5, 0.6) is 11.5 Å². The summed E-state index contributed by atoms with van der Waals surface area (Å²) in [6, 6.07) is 11.1. The second-order valence-electron chi connectivity index (χ2n) is 8.65. The molecule has 0 saturated heterocycles. The molecule has 1 atom stereocenters. The maximum atomic E-state index is 13.5. The van der Waals surface area contributed by atoms with Gasteiger partial charge in [-0.2, -0.15) is 5.10 Å². The van der Waals surface area contributed by atoms with Gasteiger partial charge in [0, 0.05) is 26.0 Å². The Morgan fingerprint density at radius 2 is 1.77 bits per heavy atom. The van der Waals surface area contributed by atoms with Crippen LogP contribution in [0.4, 0.5) is 4.39 Å². The average molecular weight is 484 g/mol. The Balaban J connectivity index is 1.63. The van der Waals surface area contributed by atoms with Crippen molar-refractivity contribution >= 4 is 17.5 Å². The molecule has 0 spiro atoms. The van der Waals surface area contributed by atoms with Crippen molar-refractivity contribution in [2.45, 2.75) is 25.3 Å². The van der Waals surface area contributed by atoms with Crippen molar-refractivity contribution in [1.82, 2.24) is 9.91 Å². The number of carbonyl (C=O) groups is 2. The maximum Gasteiger partial charge on any atom is 0.262 e. The number of rotatable bonds is 10. The van der Waals surface area contributed by atoms with Crippen LogP contribution in [0.1, 0.15) is 36.4 Å². The molecule has 4 rings (SSSR count). The first-order valence-corrected chi connectivity index (χ1v) is 11.6. The summed E-state index contributed by atoms with van der Waals surface area (Å²) in [6.07, 6.45) is 2.13. The number of amides is 2. The van der Waals surface area contributed by atoms with E-state index in [4.69, 9.17) is 14.2 Å². The number of ether oxygens (including phenoxy) is 3. The summed E-state index contributed by atoms with van der Waals surface area (Å²) in [5.41, 5.74) is 2.21. The fraction of sp³-hybridized carbons (Fsp3) is 0.423. The van der Waals surface area contributed by atoms with Crippen molar-refractivity contribution < 1.29 is 28.2 Å². The fourth-order valence-corrected chi connectivity index (χ4v) is 4.17. The predicted molar refractivity (Wildman–Crippen MR) is 128 cm³/mol. The summed E-state index contributed by atoms with van der Waals surface area (Å²) >= 11 is 0. The molecule has 9 heteroatoms. The summed E-state index contributed by atoms with van der Waals surface area (Å²) in [6.45, 7) is 0.582. The summed E-state index contributed by atoms with van der Waals surface area (Å²) < 4.78 is 29.4. The zero-order valence-corrected chi connectivity index (χ0v) is 20.2. The summed E-state index contributed by atoms with van der Waals surface area (Å²) in [5, 5.41) is 6.06. The summed E-state index contributed by atoms with van der Waals surface area (Å²) in [7, 11) is 4.68. The molecule has 0 N–H and O–H groups in total. The lowest BCUT2D eigenvalue weighted by Gasteiger charge is -2.27. The quantitative estimate of drug-likeness (QED) is 0.518. The highest BCUT2D eigenvalue weighted by atomic mass is 19.1. The van der Waals surface area contributed by atoms with E-state index in [1.54, 1.807) is 44.4 Å². The minimum atomic E-state index is -0.414. The highest BCUT2D eigenvalue weighted by molar-refractivity contribution is 6.03. The molecule has 2 aliphatic rings. The number of carbonyl (C=O) groups excluding carboxylic acids is 2. The number of halogens is 1. The van der Waals surface area contributed by atoms with Gasteiger partial charge >= 0.3 is 0 Å². The Bertz CT molecular complexity index is 1100. The maximum absolute atomic E-state index is 13.5. The van der Waals surface area contributed by atoms with Gasteiger partial charge in [0.05, 0.1) is 32.6 Å². The minimum Gasteiger partial charge on any atom is -0.493 e. The third-order valence-electron chi connectivity index (χ3n) is 6.27. The van der Waals surface area contributed by atoms with Crippen LogP contribution in [0.2, 0.25) is 0 Å². The average Bonchev–Trinajstić information content (AvgIpc) is 3.64. The van der Waals surface area contributed by atoms with Gasteiger partial charge in [-0.05, 0) is 48.2 Å². The number of hydrazone groups is 1. The second kappa shape index (κ2) is 10.9. The van der Waals surface area contributed by atoms with Gasteiger partial charge in [0.15, 0.2) is 11.5 Å². The number of benzene rings is 2. The van der Waals surface area contributed by atoms with Crippen molar-refractivity contribution in [1.29, 1.82) is 0 Å². The molecule has 0 aromatic heterocycles. The molecular formula is C26H30FN3O5. The molecule has 0 bridgehead atoms. The molecule has 0 unspecified atom stereocenters. The molecule has 1 aliphatic heterocycles. The lowest BCUT2D eigenvalue weighted by Crippen LogP contribution is -2.43. The van der Waals surface area contributed by atoms with Crippen molar-refractivity contribution in [3.8, 4) is 11.5 Å². The standard InChI is InChI=1S/C26H30FN3O5/c1-33-13-12-29(26(32)18-4-5-18)16-25(31)30-22(19-8-11-23(34-2)24(14-19)35-3)15-21(28-30)17-6-9-20(27)10-7-17/h6-11,14,18,22H,4-5,12-13,15-16H2,1-3H3/t22-/m0/s1. The molecule has 2 aromatic carbocycles. The Hall–Kier alpha value is -3.46. The van der Waals surface area contributed by atoms with Gasteiger partial charge in [0.2, 0.25) is 5.91 Å². The van der Waals surface area contributed by atoms with Crippen LogP contribution in [0.25, 0.3) is 0 Å². The molecule has 35 heavy (non-hydrogen) atoms. The van der Waals surface area contributed by atoms with E-state index in [2.05, 4.69) is 5.10 Å². The third kappa shape index (κ3) is 5.62. The van der Waals surface area contributed by atoms with Gasteiger partial charge in [-0.15, -0.1) is 0 Å². The monoisotopic (exact) mass is 483 g/mol. The molecule has 8 nitrogen and oxygen atoms in total. The second-order valence-corrected chi connectivity index (χ2v) is 8.65. The SMILES string of the molecule is COCCN(CC(=O)N1N=C(c2ccc(F)cc2)C[C@H]1c1ccc(OC)c(OC)c1)C(=O)C1CC1. The predicted octanol–water partition coefficient (Wildman–Crippen LogP) is 3.41. The highest BCUT2D eigenvalue weighted by Crippen LogP contribution is 2.38. The fourth-order valence-electron chi connectivity index (χ4n) is 4.17. The van der Waals surface area contributed by atoms with E-state index in [-0.39, 0.29) is 30.1 Å². The van der Waals surface area contributed by atoms with Gasteiger partial charge in [0.1, 0.15) is 12.4 Å². The van der Waals surface area contributed by atoms with Crippen LogP contribution < -0.4 is 9.47 Å². The van der Waals surface area contributed by atoms with Crippen LogP contribution in [-0.2, 0) is 14.3 Å². The number of hydrogen-bond acceptors (Lipinski definition) is 6. The first-order chi connectivity index (χ1) is 16.9. The van der Waals surface area contributed by atoms with Crippen molar-refractivity contribution in [3.05, 3.63) is 59.4 Å². The van der Waals surface area contributed by atoms with E-state index >= 15 is 0 Å². The molecule has 1 heterocycles. The Labute approximate surface area is 204 Å². The van der Waals surface area contributed by atoms with Crippen molar-refractivity contribution in [2.24, 2.45) is 11.0 Å². The van der Waals surface area contributed by atoms with E-state index in [0.29, 0.717) is 36.8 Å². The smallest absolute Gasteiger partial charge is 0.262 e. The normalized spacial score (nSPS) is 17.2. The van der Waals surface area contributed by atoms with E-state index in [1.807, 2.05) is 12.1 Å². The van der Waals surface area contributed by atoms with Crippen molar-refractivity contribution in [3.63, 3.8) is 0 Å². The molecular weight excluding hydrogens is 453 g/mol. The van der Waals surface area contributed by atoms with Crippen molar-refractivity contribution in [2.75, 3.05) is 41.0 Å². The first-order valence-electron chi connectivity index (χ1n) is 11.6. The van der Waals surface area contributed by atoms with Crippen LogP contribution >= 0.6 is 0 Å². The molecule has 2 aromatic rings. The van der Waals surface area contributed by atoms with Crippen LogP contribution in [0, 0.1) is 11.7 Å². The van der Waals surface area contributed by atoms with Crippen LogP contribution in [0.3, 0.4) is 0 Å². The number of nitrogens with zero attached hydrogens (tertiary/aromatic N) is 3. The largest absolute Gasteiger partial charge is 0.493 e. The van der Waals surface area contributed by atoms with E-state index in [9.17, 15) is 14.0 Å². The Morgan fingerprint density at radius 1 is 1.06 bits per heavy atom. The lowest BCUT2D eigenvalue weighted by atomic mass is 9.98. The zero-order chi connectivity index (χ0) is 24.9. The zero-order valence-electron chi connectivity index (χ0n) is 20.2. The lowest BCUT2D eigenvalue weighted by molar-refractivity contribution is -0.142. The molecule has 2 amide bonds. The molecule has 1 aliphatic carbocycles. The molecule has 1 fully saturated rings. The van der Waals surface area contributed by atoms with Gasteiger partial charge in [-0.3, -0.25) is 9.59 Å². The summed E-state index contributed by atoms with van der Waals surface area (Å²) in [4.78, 5) is 27.9. The minimum absolute atomic E-state index is 0.0156. The van der Waals surface area contributed by atoms with Gasteiger partial charge in [0.25, 0.3) is 5.91 Å². The molecule has 0 radical (unpaired) electrons. The van der Waals surface area contributed by atoms with E-state index in [0.717, 1.165) is 24.0 Å². The third-order valence-corrected chi connectivity index (χ3v) is 6.27. The number of hydrogen-bond donors (Lipinski definition) is 0. The molecule has 186 valence electrons.